The van der Waals surface area contributed by atoms with E-state index in [1.807, 2.05) is 24.3 Å². The van der Waals surface area contributed by atoms with Crippen molar-refractivity contribution < 1.29 is 17.8 Å². The summed E-state index contributed by atoms with van der Waals surface area (Å²) in [4.78, 5) is 11.1. The van der Waals surface area contributed by atoms with Gasteiger partial charge in [0, 0.05) is 12.0 Å². The summed E-state index contributed by atoms with van der Waals surface area (Å²) in [7, 11) is -4.17. The molecule has 0 heterocycles. The Hall–Kier alpha value is -1.24. The zero-order chi connectivity index (χ0) is 11.5. The van der Waals surface area contributed by atoms with Crippen LogP contribution in [0.25, 0.3) is 0 Å². The fourth-order valence-corrected chi connectivity index (χ4v) is 1.39. The van der Waals surface area contributed by atoms with Crippen LogP contribution in [0.5, 0.6) is 0 Å². The SMILES string of the molecule is NS(=O)(=O)O.O=C1CCc2ccccc21. The number of hydrogen-bond acceptors (Lipinski definition) is 3. The molecule has 0 aliphatic heterocycles. The molecule has 0 amide bonds. The first kappa shape index (κ1) is 11.8. The zero-order valence-electron chi connectivity index (χ0n) is 7.88. The third-order valence-electron chi connectivity index (χ3n) is 1.94. The van der Waals surface area contributed by atoms with E-state index in [2.05, 4.69) is 5.14 Å². The summed E-state index contributed by atoms with van der Waals surface area (Å²) in [5, 5.41) is 3.88. The Morgan fingerprint density at radius 2 is 1.73 bits per heavy atom. The summed E-state index contributed by atoms with van der Waals surface area (Å²) in [6, 6.07) is 7.84. The average Bonchev–Trinajstić information content (AvgIpc) is 2.46. The lowest BCUT2D eigenvalue weighted by Crippen LogP contribution is -2.08. The van der Waals surface area contributed by atoms with Gasteiger partial charge in [0.15, 0.2) is 5.78 Å². The van der Waals surface area contributed by atoms with Crippen LogP contribution in [-0.2, 0) is 16.7 Å². The van der Waals surface area contributed by atoms with Gasteiger partial charge in [0.1, 0.15) is 0 Å². The molecular formula is C9H11NO4S. The number of fused-ring (bicyclic) bond motifs is 1. The van der Waals surface area contributed by atoms with E-state index < -0.39 is 10.3 Å². The molecular weight excluding hydrogens is 218 g/mol. The monoisotopic (exact) mass is 229 g/mol. The number of nitrogens with two attached hydrogens (primary N) is 1. The zero-order valence-corrected chi connectivity index (χ0v) is 8.70. The van der Waals surface area contributed by atoms with Crippen LogP contribution in [0.4, 0.5) is 0 Å². The van der Waals surface area contributed by atoms with Crippen molar-refractivity contribution in [1.82, 2.24) is 0 Å². The number of carbonyl (C=O) groups is 1. The summed E-state index contributed by atoms with van der Waals surface area (Å²) >= 11 is 0. The second kappa shape index (κ2) is 4.52. The molecule has 0 radical (unpaired) electrons. The van der Waals surface area contributed by atoms with Gasteiger partial charge in [-0.3, -0.25) is 9.35 Å². The molecule has 1 aliphatic carbocycles. The number of hydrogen-bond donors (Lipinski definition) is 2. The lowest BCUT2D eigenvalue weighted by molar-refractivity contribution is 0.0994. The highest BCUT2D eigenvalue weighted by molar-refractivity contribution is 7.83. The van der Waals surface area contributed by atoms with Crippen LogP contribution >= 0.6 is 0 Å². The molecule has 1 aromatic carbocycles. The topological polar surface area (TPSA) is 97.5 Å². The molecule has 1 aromatic rings. The molecule has 3 N–H and O–H groups in total. The minimum Gasteiger partial charge on any atom is -0.294 e. The van der Waals surface area contributed by atoms with Crippen LogP contribution in [0.3, 0.4) is 0 Å². The summed E-state index contributed by atoms with van der Waals surface area (Å²) < 4.78 is 25.2. The molecule has 0 spiro atoms. The number of ketones is 1. The van der Waals surface area contributed by atoms with Gasteiger partial charge in [-0.25, -0.2) is 5.14 Å². The van der Waals surface area contributed by atoms with E-state index in [-0.39, 0.29) is 0 Å². The molecule has 5 nitrogen and oxygen atoms in total. The van der Waals surface area contributed by atoms with E-state index in [0.29, 0.717) is 12.2 Å². The van der Waals surface area contributed by atoms with Crippen molar-refractivity contribution >= 4 is 16.1 Å². The highest BCUT2D eigenvalue weighted by Gasteiger charge is 2.17. The van der Waals surface area contributed by atoms with Crippen LogP contribution in [0, 0.1) is 0 Å². The Balaban J connectivity index is 0.000000195. The van der Waals surface area contributed by atoms with E-state index in [9.17, 15) is 4.79 Å². The first-order chi connectivity index (χ1) is 6.88. The number of carbonyl (C=O) groups excluding carboxylic acids is 1. The fraction of sp³-hybridized carbons (Fsp3) is 0.222. The molecule has 0 fully saturated rings. The van der Waals surface area contributed by atoms with Crippen LogP contribution in [0.15, 0.2) is 24.3 Å². The van der Waals surface area contributed by atoms with Crippen molar-refractivity contribution in [2.45, 2.75) is 12.8 Å². The Bertz CT molecular complexity index is 459. The minimum absolute atomic E-state index is 0.301. The summed E-state index contributed by atoms with van der Waals surface area (Å²) in [6.07, 6.45) is 1.65. The summed E-state index contributed by atoms with van der Waals surface area (Å²) in [5.41, 5.74) is 2.15. The van der Waals surface area contributed by atoms with E-state index in [4.69, 9.17) is 13.0 Å². The minimum atomic E-state index is -4.17. The Morgan fingerprint density at radius 1 is 1.20 bits per heavy atom. The molecule has 0 bridgehead atoms. The lowest BCUT2D eigenvalue weighted by atomic mass is 10.1. The van der Waals surface area contributed by atoms with Gasteiger partial charge in [-0.2, -0.15) is 8.42 Å². The van der Waals surface area contributed by atoms with Crippen molar-refractivity contribution in [1.29, 1.82) is 0 Å². The first-order valence-corrected chi connectivity index (χ1v) is 5.74. The average molecular weight is 229 g/mol. The van der Waals surface area contributed by atoms with Gasteiger partial charge in [0.05, 0.1) is 0 Å². The lowest BCUT2D eigenvalue weighted by Gasteiger charge is -1.92. The van der Waals surface area contributed by atoms with Crippen LogP contribution < -0.4 is 5.14 Å². The number of Topliss-reactive ketones (excluding diaryl/α,β-unsaturated/α-hetero) is 1. The van der Waals surface area contributed by atoms with Crippen molar-refractivity contribution in [3.8, 4) is 0 Å². The van der Waals surface area contributed by atoms with Crippen molar-refractivity contribution in [2.24, 2.45) is 5.14 Å². The number of benzene rings is 1. The molecule has 6 heteroatoms. The van der Waals surface area contributed by atoms with Gasteiger partial charge in [-0.05, 0) is 12.0 Å². The summed E-state index contributed by atoms with van der Waals surface area (Å²) in [5.74, 6) is 0.301. The van der Waals surface area contributed by atoms with Gasteiger partial charge in [0.25, 0.3) is 0 Å². The van der Waals surface area contributed by atoms with E-state index in [0.717, 1.165) is 12.0 Å². The van der Waals surface area contributed by atoms with E-state index >= 15 is 0 Å². The third kappa shape index (κ3) is 4.20. The Labute approximate surface area is 87.8 Å². The molecule has 0 saturated heterocycles. The van der Waals surface area contributed by atoms with Crippen LogP contribution in [0.1, 0.15) is 22.3 Å². The molecule has 0 saturated carbocycles. The standard InChI is InChI=1S/C9H8O.H3NO3S/c10-9-6-5-7-3-1-2-4-8(7)9;1-5(2,3)4/h1-4H,5-6H2;(H3,1,2,3,4). The largest absolute Gasteiger partial charge is 0.330 e. The van der Waals surface area contributed by atoms with E-state index in [1.165, 1.54) is 5.56 Å². The number of aryl methyl sites for hydroxylation is 1. The smallest absolute Gasteiger partial charge is 0.294 e. The summed E-state index contributed by atoms with van der Waals surface area (Å²) in [6.45, 7) is 0. The van der Waals surface area contributed by atoms with Crippen LogP contribution in [-0.4, -0.2) is 18.8 Å². The Morgan fingerprint density at radius 3 is 2.27 bits per heavy atom. The normalized spacial score (nSPS) is 14.1. The van der Waals surface area contributed by atoms with Gasteiger partial charge in [-0.1, -0.05) is 24.3 Å². The molecule has 0 aromatic heterocycles. The van der Waals surface area contributed by atoms with Crippen molar-refractivity contribution in [3.63, 3.8) is 0 Å². The fourth-order valence-electron chi connectivity index (χ4n) is 1.39. The maximum absolute atomic E-state index is 11.1. The predicted octanol–water partition coefficient (Wildman–Crippen LogP) is 0.563. The van der Waals surface area contributed by atoms with Crippen molar-refractivity contribution in [3.05, 3.63) is 35.4 Å². The maximum atomic E-state index is 11.1. The molecule has 0 atom stereocenters. The van der Waals surface area contributed by atoms with Gasteiger partial charge in [-0.15, -0.1) is 0 Å². The maximum Gasteiger partial charge on any atom is 0.330 e. The third-order valence-corrected chi connectivity index (χ3v) is 1.94. The predicted molar refractivity (Wildman–Crippen MR) is 54.8 cm³/mol. The highest BCUT2D eigenvalue weighted by Crippen LogP contribution is 2.20. The van der Waals surface area contributed by atoms with Gasteiger partial charge >= 0.3 is 10.3 Å². The van der Waals surface area contributed by atoms with Crippen LogP contribution in [0.2, 0.25) is 0 Å². The highest BCUT2D eigenvalue weighted by atomic mass is 32.2. The number of rotatable bonds is 0. The van der Waals surface area contributed by atoms with E-state index in [1.54, 1.807) is 0 Å². The van der Waals surface area contributed by atoms with Crippen molar-refractivity contribution in [2.75, 3.05) is 0 Å². The molecule has 0 unspecified atom stereocenters. The molecule has 2 rings (SSSR count). The quantitative estimate of drug-likeness (QED) is 0.635. The second-order valence-corrected chi connectivity index (χ2v) is 4.13. The molecule has 15 heavy (non-hydrogen) atoms. The Kier molecular flexibility index (Phi) is 3.57. The molecule has 1 aliphatic rings. The van der Waals surface area contributed by atoms with Gasteiger partial charge in [0.2, 0.25) is 0 Å². The molecule has 82 valence electrons. The first-order valence-electron chi connectivity index (χ1n) is 4.24. The second-order valence-electron chi connectivity index (χ2n) is 3.10. The van der Waals surface area contributed by atoms with Gasteiger partial charge < -0.3 is 0 Å².